The minimum absolute atomic E-state index is 0.113. The number of hydrogen-bond acceptors (Lipinski definition) is 2. The molecule has 0 radical (unpaired) electrons. The molecule has 0 aromatic carbocycles. The van der Waals surface area contributed by atoms with Crippen molar-refractivity contribution in [3.63, 3.8) is 0 Å². The maximum absolute atomic E-state index is 11.0. The number of nitrogens with one attached hydrogen (secondary N) is 1. The van der Waals surface area contributed by atoms with E-state index in [1.54, 1.807) is 0 Å². The zero-order chi connectivity index (χ0) is 9.78. The van der Waals surface area contributed by atoms with Gasteiger partial charge in [-0.2, -0.15) is 0 Å². The fourth-order valence-corrected chi connectivity index (χ4v) is 0.717. The Bertz CT molecular complexity index is 182. The van der Waals surface area contributed by atoms with Crippen LogP contribution in [0.1, 0.15) is 33.6 Å². The van der Waals surface area contributed by atoms with E-state index < -0.39 is 5.91 Å². The number of carbonyl (C=O) groups excluding carboxylic acids is 2. The minimum atomic E-state index is -0.445. The Hall–Kier alpha value is -1.06. The van der Waals surface area contributed by atoms with E-state index >= 15 is 0 Å². The highest BCUT2D eigenvalue weighted by Crippen LogP contribution is 1.99. The van der Waals surface area contributed by atoms with Crippen LogP contribution >= 0.6 is 0 Å². The number of nitrogens with two attached hydrogens (primary N) is 1. The van der Waals surface area contributed by atoms with Gasteiger partial charge in [0.05, 0.1) is 0 Å². The average molecular weight is 172 g/mol. The van der Waals surface area contributed by atoms with Gasteiger partial charge < -0.3 is 11.1 Å². The lowest BCUT2D eigenvalue weighted by molar-refractivity contribution is -0.126. The monoisotopic (exact) mass is 172 g/mol. The van der Waals surface area contributed by atoms with Gasteiger partial charge >= 0.3 is 0 Å². The van der Waals surface area contributed by atoms with Crippen molar-refractivity contribution >= 4 is 11.8 Å². The van der Waals surface area contributed by atoms with E-state index in [4.69, 9.17) is 5.73 Å². The maximum atomic E-state index is 11.0. The summed E-state index contributed by atoms with van der Waals surface area (Å²) in [7, 11) is 0. The first-order chi connectivity index (χ1) is 5.31. The van der Waals surface area contributed by atoms with Crippen LogP contribution in [0.3, 0.4) is 0 Å². The molecule has 0 rings (SSSR count). The lowest BCUT2D eigenvalue weighted by Crippen LogP contribution is -2.40. The Labute approximate surface area is 72.5 Å². The number of rotatable bonds is 3. The highest BCUT2D eigenvalue weighted by Gasteiger charge is 2.13. The lowest BCUT2D eigenvalue weighted by atomic mass is 10.1. The van der Waals surface area contributed by atoms with E-state index in [0.29, 0.717) is 0 Å². The summed E-state index contributed by atoms with van der Waals surface area (Å²) < 4.78 is 0. The van der Waals surface area contributed by atoms with Gasteiger partial charge in [-0.05, 0) is 20.8 Å². The van der Waals surface area contributed by atoms with Crippen molar-refractivity contribution in [3.8, 4) is 0 Å². The SMILES string of the molecule is CC(C)(C)NC(=O)CCC(N)=O. The maximum Gasteiger partial charge on any atom is 0.220 e. The predicted octanol–water partition coefficient (Wildman–Crippen LogP) is 0.167. The van der Waals surface area contributed by atoms with Gasteiger partial charge in [0.25, 0.3) is 0 Å². The van der Waals surface area contributed by atoms with E-state index in [0.717, 1.165) is 0 Å². The van der Waals surface area contributed by atoms with E-state index in [2.05, 4.69) is 5.32 Å². The van der Waals surface area contributed by atoms with Crippen LogP contribution in [0.5, 0.6) is 0 Å². The molecule has 0 aliphatic rings. The molecule has 0 aromatic heterocycles. The summed E-state index contributed by atoms with van der Waals surface area (Å²) in [4.78, 5) is 21.4. The third kappa shape index (κ3) is 7.05. The number of hydrogen-bond donors (Lipinski definition) is 2. The molecule has 4 heteroatoms. The summed E-state index contributed by atoms with van der Waals surface area (Å²) in [6.45, 7) is 5.65. The van der Waals surface area contributed by atoms with Crippen LogP contribution in [0.2, 0.25) is 0 Å². The average Bonchev–Trinajstić information content (AvgIpc) is 1.79. The molecule has 0 aliphatic heterocycles. The summed E-state index contributed by atoms with van der Waals surface area (Å²) in [5.41, 5.74) is 4.64. The van der Waals surface area contributed by atoms with E-state index in [1.807, 2.05) is 20.8 Å². The van der Waals surface area contributed by atoms with Gasteiger partial charge in [-0.1, -0.05) is 0 Å². The third-order valence-corrected chi connectivity index (χ3v) is 1.11. The Kier molecular flexibility index (Phi) is 3.73. The second kappa shape index (κ2) is 4.09. The van der Waals surface area contributed by atoms with Gasteiger partial charge in [0, 0.05) is 18.4 Å². The Morgan fingerprint density at radius 1 is 1.25 bits per heavy atom. The quantitative estimate of drug-likeness (QED) is 0.636. The molecule has 0 spiro atoms. The molecule has 0 saturated heterocycles. The summed E-state index contributed by atoms with van der Waals surface area (Å²) in [6.07, 6.45) is 0.286. The van der Waals surface area contributed by atoms with Crippen LogP contribution < -0.4 is 11.1 Å². The zero-order valence-electron chi connectivity index (χ0n) is 7.81. The molecule has 4 nitrogen and oxygen atoms in total. The number of carbonyl (C=O) groups is 2. The van der Waals surface area contributed by atoms with Gasteiger partial charge in [-0.3, -0.25) is 9.59 Å². The molecule has 0 aromatic rings. The molecule has 12 heavy (non-hydrogen) atoms. The second-order valence-electron chi connectivity index (χ2n) is 3.76. The highest BCUT2D eigenvalue weighted by atomic mass is 16.2. The van der Waals surface area contributed by atoms with Crippen LogP contribution in [0.25, 0.3) is 0 Å². The Balaban J connectivity index is 3.68. The topological polar surface area (TPSA) is 72.2 Å². The van der Waals surface area contributed by atoms with Crippen LogP contribution in [0.15, 0.2) is 0 Å². The molecule has 0 bridgehead atoms. The summed E-state index contributed by atoms with van der Waals surface area (Å²) >= 11 is 0. The zero-order valence-corrected chi connectivity index (χ0v) is 7.81. The van der Waals surface area contributed by atoms with Crippen molar-refractivity contribution in [2.24, 2.45) is 5.73 Å². The van der Waals surface area contributed by atoms with Crippen LogP contribution in [0, 0.1) is 0 Å². The highest BCUT2D eigenvalue weighted by molar-refractivity contribution is 5.83. The molecule has 0 saturated carbocycles. The first-order valence-electron chi connectivity index (χ1n) is 3.90. The summed E-state index contributed by atoms with van der Waals surface area (Å²) in [5.74, 6) is -0.583. The summed E-state index contributed by atoms with van der Waals surface area (Å²) in [5, 5.41) is 2.73. The first-order valence-corrected chi connectivity index (χ1v) is 3.90. The molecule has 0 fully saturated rings. The van der Waals surface area contributed by atoms with E-state index in [-0.39, 0.29) is 24.3 Å². The predicted molar refractivity (Wildman–Crippen MR) is 46.3 cm³/mol. The molecular formula is C8H16N2O2. The number of amides is 2. The fraction of sp³-hybridized carbons (Fsp3) is 0.750. The van der Waals surface area contributed by atoms with Crippen LogP contribution in [0.4, 0.5) is 0 Å². The first kappa shape index (κ1) is 10.9. The normalized spacial score (nSPS) is 10.9. The molecule has 3 N–H and O–H groups in total. The second-order valence-corrected chi connectivity index (χ2v) is 3.76. The van der Waals surface area contributed by atoms with Crippen molar-refractivity contribution in [3.05, 3.63) is 0 Å². The van der Waals surface area contributed by atoms with Crippen molar-refractivity contribution in [2.45, 2.75) is 39.2 Å². The molecule has 0 aliphatic carbocycles. The number of primary amides is 1. The largest absolute Gasteiger partial charge is 0.370 e. The minimum Gasteiger partial charge on any atom is -0.370 e. The van der Waals surface area contributed by atoms with Crippen molar-refractivity contribution in [1.82, 2.24) is 5.32 Å². The van der Waals surface area contributed by atoms with Crippen molar-refractivity contribution < 1.29 is 9.59 Å². The van der Waals surface area contributed by atoms with Crippen molar-refractivity contribution in [2.75, 3.05) is 0 Å². The molecule has 0 unspecified atom stereocenters. The smallest absolute Gasteiger partial charge is 0.220 e. The Morgan fingerprint density at radius 2 is 1.75 bits per heavy atom. The standard InChI is InChI=1S/C8H16N2O2/c1-8(2,3)10-7(12)5-4-6(9)11/h4-5H2,1-3H3,(H2,9,11)(H,10,12). The van der Waals surface area contributed by atoms with Crippen LogP contribution in [-0.2, 0) is 9.59 Å². The van der Waals surface area contributed by atoms with Gasteiger partial charge in [-0.25, -0.2) is 0 Å². The Morgan fingerprint density at radius 3 is 2.08 bits per heavy atom. The van der Waals surface area contributed by atoms with Gasteiger partial charge in [0.1, 0.15) is 0 Å². The van der Waals surface area contributed by atoms with Gasteiger partial charge in [-0.15, -0.1) is 0 Å². The van der Waals surface area contributed by atoms with E-state index in [9.17, 15) is 9.59 Å². The third-order valence-electron chi connectivity index (χ3n) is 1.11. The molecular weight excluding hydrogens is 156 g/mol. The molecule has 70 valence electrons. The summed E-state index contributed by atoms with van der Waals surface area (Å²) in [6, 6.07) is 0. The van der Waals surface area contributed by atoms with E-state index in [1.165, 1.54) is 0 Å². The lowest BCUT2D eigenvalue weighted by Gasteiger charge is -2.20. The van der Waals surface area contributed by atoms with Gasteiger partial charge in [0.15, 0.2) is 0 Å². The fourth-order valence-electron chi connectivity index (χ4n) is 0.717. The van der Waals surface area contributed by atoms with Gasteiger partial charge in [0.2, 0.25) is 11.8 Å². The van der Waals surface area contributed by atoms with Crippen LogP contribution in [-0.4, -0.2) is 17.4 Å². The molecule has 2 amide bonds. The molecule has 0 atom stereocenters. The molecule has 0 heterocycles. The van der Waals surface area contributed by atoms with Crippen molar-refractivity contribution in [1.29, 1.82) is 0 Å².